The molecule has 0 aromatic carbocycles. The molecule has 0 aliphatic rings. The molecule has 13 heavy (non-hydrogen) atoms. The van der Waals surface area contributed by atoms with Gasteiger partial charge in [-0.3, -0.25) is 4.79 Å². The van der Waals surface area contributed by atoms with Gasteiger partial charge in [-0.05, 0) is 35.0 Å². The highest BCUT2D eigenvalue weighted by Gasteiger charge is 2.11. The standard InChI is InChI=1S/C8H9BrClNO2/c1-5(11-8(12)4-10)6-2-3-7(9)13-6/h2-3,5H,4H2,1H3,(H,11,12)/t5-/m1/s1. The molecule has 1 aromatic rings. The number of alkyl halides is 1. The van der Waals surface area contributed by atoms with Crippen LogP contribution in [0.3, 0.4) is 0 Å². The number of carbonyl (C=O) groups excluding carboxylic acids is 1. The summed E-state index contributed by atoms with van der Waals surface area (Å²) >= 11 is 8.52. The van der Waals surface area contributed by atoms with Gasteiger partial charge < -0.3 is 9.73 Å². The Morgan fingerprint density at radius 1 is 1.77 bits per heavy atom. The number of hydrogen-bond donors (Lipinski definition) is 1. The van der Waals surface area contributed by atoms with Crippen molar-refractivity contribution >= 4 is 33.4 Å². The Bertz CT molecular complexity index is 300. The van der Waals surface area contributed by atoms with Gasteiger partial charge in [0.2, 0.25) is 5.91 Å². The van der Waals surface area contributed by atoms with Gasteiger partial charge in [-0.2, -0.15) is 0 Å². The fourth-order valence-electron chi connectivity index (χ4n) is 0.912. The monoisotopic (exact) mass is 265 g/mol. The fourth-order valence-corrected chi connectivity index (χ4v) is 1.31. The molecule has 0 saturated heterocycles. The smallest absolute Gasteiger partial charge is 0.235 e. The fraction of sp³-hybridized carbons (Fsp3) is 0.375. The van der Waals surface area contributed by atoms with E-state index in [4.69, 9.17) is 16.0 Å². The highest BCUT2D eigenvalue weighted by molar-refractivity contribution is 9.10. The summed E-state index contributed by atoms with van der Waals surface area (Å²) in [6.07, 6.45) is 0. The summed E-state index contributed by atoms with van der Waals surface area (Å²) < 4.78 is 5.90. The first-order valence-electron chi connectivity index (χ1n) is 3.74. The van der Waals surface area contributed by atoms with Crippen LogP contribution in [0.2, 0.25) is 0 Å². The zero-order chi connectivity index (χ0) is 9.84. The predicted molar refractivity (Wildman–Crippen MR) is 53.7 cm³/mol. The second-order valence-corrected chi connectivity index (χ2v) is 3.61. The molecule has 0 bridgehead atoms. The van der Waals surface area contributed by atoms with Crippen LogP contribution < -0.4 is 5.32 Å². The van der Waals surface area contributed by atoms with Gasteiger partial charge in [0.25, 0.3) is 0 Å². The first-order chi connectivity index (χ1) is 6.13. The predicted octanol–water partition coefficient (Wildman–Crippen LogP) is 2.46. The molecule has 0 spiro atoms. The second kappa shape index (κ2) is 4.67. The van der Waals surface area contributed by atoms with Crippen molar-refractivity contribution in [3.8, 4) is 0 Å². The number of furan rings is 1. The van der Waals surface area contributed by atoms with Crippen molar-refractivity contribution in [1.82, 2.24) is 5.32 Å². The van der Waals surface area contributed by atoms with Crippen molar-refractivity contribution in [1.29, 1.82) is 0 Å². The Morgan fingerprint density at radius 3 is 2.92 bits per heavy atom. The van der Waals surface area contributed by atoms with E-state index in [0.717, 1.165) is 0 Å². The first-order valence-corrected chi connectivity index (χ1v) is 5.07. The number of amides is 1. The molecule has 3 nitrogen and oxygen atoms in total. The van der Waals surface area contributed by atoms with Crippen LogP contribution in [0.25, 0.3) is 0 Å². The molecule has 0 aliphatic heterocycles. The maximum Gasteiger partial charge on any atom is 0.235 e. The minimum absolute atomic E-state index is 0.0355. The number of carbonyl (C=O) groups is 1. The van der Waals surface area contributed by atoms with E-state index in [2.05, 4.69) is 21.2 Å². The number of nitrogens with one attached hydrogen (secondary N) is 1. The number of halogens is 2. The molecule has 1 N–H and O–H groups in total. The maximum atomic E-state index is 10.9. The van der Waals surface area contributed by atoms with Crippen LogP contribution in [-0.4, -0.2) is 11.8 Å². The Labute approximate surface area is 89.6 Å². The van der Waals surface area contributed by atoms with Gasteiger partial charge in [-0.25, -0.2) is 0 Å². The quantitative estimate of drug-likeness (QED) is 0.854. The van der Waals surface area contributed by atoms with E-state index in [9.17, 15) is 4.79 Å². The van der Waals surface area contributed by atoms with Gasteiger partial charge >= 0.3 is 0 Å². The lowest BCUT2D eigenvalue weighted by atomic mass is 10.2. The lowest BCUT2D eigenvalue weighted by Gasteiger charge is -2.09. The summed E-state index contributed by atoms with van der Waals surface area (Å²) in [5.74, 6) is 0.457. The van der Waals surface area contributed by atoms with E-state index in [-0.39, 0.29) is 17.8 Å². The van der Waals surface area contributed by atoms with Crippen LogP contribution in [-0.2, 0) is 4.79 Å². The van der Waals surface area contributed by atoms with Crippen molar-refractivity contribution in [2.75, 3.05) is 5.88 Å². The molecule has 1 heterocycles. The van der Waals surface area contributed by atoms with Gasteiger partial charge in [0.05, 0.1) is 6.04 Å². The third-order valence-electron chi connectivity index (χ3n) is 1.52. The summed E-state index contributed by atoms with van der Waals surface area (Å²) in [6.45, 7) is 1.83. The highest BCUT2D eigenvalue weighted by Crippen LogP contribution is 2.19. The van der Waals surface area contributed by atoms with Crippen LogP contribution in [0.1, 0.15) is 18.7 Å². The molecule has 0 unspecified atom stereocenters. The van der Waals surface area contributed by atoms with Crippen LogP contribution in [0.4, 0.5) is 0 Å². The molecule has 0 fully saturated rings. The van der Waals surface area contributed by atoms with Crippen LogP contribution >= 0.6 is 27.5 Å². The number of rotatable bonds is 3. The molecule has 0 saturated carbocycles. The zero-order valence-electron chi connectivity index (χ0n) is 7.01. The Kier molecular flexibility index (Phi) is 3.81. The maximum absolute atomic E-state index is 10.9. The summed E-state index contributed by atoms with van der Waals surface area (Å²) in [4.78, 5) is 10.9. The zero-order valence-corrected chi connectivity index (χ0v) is 9.35. The molecule has 0 radical (unpaired) electrons. The van der Waals surface area contributed by atoms with Crippen molar-refractivity contribution in [2.24, 2.45) is 0 Å². The summed E-state index contributed by atoms with van der Waals surface area (Å²) in [5, 5.41) is 2.67. The third-order valence-corrected chi connectivity index (χ3v) is 2.19. The molecular formula is C8H9BrClNO2. The minimum atomic E-state index is -0.207. The highest BCUT2D eigenvalue weighted by atomic mass is 79.9. The number of hydrogen-bond acceptors (Lipinski definition) is 2. The molecule has 1 amide bonds. The average molecular weight is 267 g/mol. The topological polar surface area (TPSA) is 42.2 Å². The van der Waals surface area contributed by atoms with E-state index in [0.29, 0.717) is 10.4 Å². The second-order valence-electron chi connectivity index (χ2n) is 2.56. The SMILES string of the molecule is C[C@@H](NC(=O)CCl)c1ccc(Br)o1. The summed E-state index contributed by atoms with van der Waals surface area (Å²) in [7, 11) is 0. The molecule has 5 heteroatoms. The van der Waals surface area contributed by atoms with Crippen LogP contribution in [0.15, 0.2) is 21.2 Å². The third kappa shape index (κ3) is 3.04. The Hall–Kier alpha value is -0.480. The van der Waals surface area contributed by atoms with E-state index < -0.39 is 0 Å². The summed E-state index contributed by atoms with van der Waals surface area (Å²) in [5.41, 5.74) is 0. The van der Waals surface area contributed by atoms with E-state index in [1.54, 1.807) is 12.1 Å². The average Bonchev–Trinajstić information content (AvgIpc) is 2.51. The molecule has 1 aromatic heterocycles. The molecule has 1 rings (SSSR count). The lowest BCUT2D eigenvalue weighted by molar-refractivity contribution is -0.119. The molecule has 1 atom stereocenters. The molecule has 72 valence electrons. The van der Waals surface area contributed by atoms with E-state index >= 15 is 0 Å². The molecular weight excluding hydrogens is 257 g/mol. The first kappa shape index (κ1) is 10.6. The van der Waals surface area contributed by atoms with Gasteiger partial charge in [0.1, 0.15) is 11.6 Å². The van der Waals surface area contributed by atoms with E-state index in [1.807, 2.05) is 6.92 Å². The van der Waals surface area contributed by atoms with Crippen molar-refractivity contribution < 1.29 is 9.21 Å². The largest absolute Gasteiger partial charge is 0.452 e. The van der Waals surface area contributed by atoms with Crippen molar-refractivity contribution in [2.45, 2.75) is 13.0 Å². The van der Waals surface area contributed by atoms with Crippen LogP contribution in [0, 0.1) is 0 Å². The van der Waals surface area contributed by atoms with Crippen molar-refractivity contribution in [3.63, 3.8) is 0 Å². The normalized spacial score (nSPS) is 12.5. The van der Waals surface area contributed by atoms with Gasteiger partial charge in [0, 0.05) is 0 Å². The van der Waals surface area contributed by atoms with E-state index in [1.165, 1.54) is 0 Å². The van der Waals surface area contributed by atoms with Gasteiger partial charge in [0.15, 0.2) is 4.67 Å². The van der Waals surface area contributed by atoms with Crippen LogP contribution in [0.5, 0.6) is 0 Å². The molecule has 0 aliphatic carbocycles. The van der Waals surface area contributed by atoms with Gasteiger partial charge in [-0.15, -0.1) is 11.6 Å². The Morgan fingerprint density at radius 2 is 2.46 bits per heavy atom. The lowest BCUT2D eigenvalue weighted by Crippen LogP contribution is -2.27. The van der Waals surface area contributed by atoms with Gasteiger partial charge in [-0.1, -0.05) is 0 Å². The minimum Gasteiger partial charge on any atom is -0.452 e. The summed E-state index contributed by atoms with van der Waals surface area (Å²) in [6, 6.07) is 3.42. The Balaban J connectivity index is 2.58. The van der Waals surface area contributed by atoms with Crippen molar-refractivity contribution in [3.05, 3.63) is 22.6 Å².